The number of benzene rings is 2. The molecule has 164 valence electrons. The molecular formula is C26H32N2O3. The van der Waals surface area contributed by atoms with Gasteiger partial charge in [-0.1, -0.05) is 30.3 Å². The Morgan fingerprint density at radius 3 is 2.58 bits per heavy atom. The molecule has 2 aromatic carbocycles. The summed E-state index contributed by atoms with van der Waals surface area (Å²) >= 11 is 0. The number of likely N-dealkylation sites (tertiary alicyclic amines) is 1. The zero-order chi connectivity index (χ0) is 21.0. The van der Waals surface area contributed by atoms with E-state index in [-0.39, 0.29) is 12.5 Å². The number of carbonyl (C=O) groups excluding carboxylic acids is 1. The second-order valence-corrected chi connectivity index (χ2v) is 9.16. The fourth-order valence-corrected chi connectivity index (χ4v) is 4.97. The maximum Gasteiger partial charge on any atom is 0.253 e. The van der Waals surface area contributed by atoms with Gasteiger partial charge in [0.15, 0.2) is 0 Å². The second-order valence-electron chi connectivity index (χ2n) is 9.16. The molecule has 5 heteroatoms. The SMILES string of the molecule is O=C1COCCN1c1ccc(OCCN2CC(CC[C@@H]3C[C@H]3c3ccccc3)C2)cc1. The van der Waals surface area contributed by atoms with Crippen molar-refractivity contribution in [1.82, 2.24) is 4.90 Å². The smallest absolute Gasteiger partial charge is 0.253 e. The number of hydrogen-bond acceptors (Lipinski definition) is 4. The summed E-state index contributed by atoms with van der Waals surface area (Å²) in [4.78, 5) is 16.2. The van der Waals surface area contributed by atoms with Crippen molar-refractivity contribution in [3.8, 4) is 5.75 Å². The summed E-state index contributed by atoms with van der Waals surface area (Å²) in [6, 6.07) is 18.8. The van der Waals surface area contributed by atoms with Crippen LogP contribution < -0.4 is 9.64 Å². The molecule has 5 rings (SSSR count). The van der Waals surface area contributed by atoms with Gasteiger partial charge >= 0.3 is 0 Å². The number of nitrogens with zero attached hydrogens (tertiary/aromatic N) is 2. The van der Waals surface area contributed by atoms with Crippen LogP contribution >= 0.6 is 0 Å². The second kappa shape index (κ2) is 9.41. The minimum absolute atomic E-state index is 0.0181. The summed E-state index contributed by atoms with van der Waals surface area (Å²) in [6.07, 6.45) is 4.13. The number of carbonyl (C=O) groups is 1. The van der Waals surface area contributed by atoms with E-state index < -0.39 is 0 Å². The Morgan fingerprint density at radius 2 is 1.81 bits per heavy atom. The van der Waals surface area contributed by atoms with Gasteiger partial charge in [0.05, 0.1) is 6.61 Å². The quantitative estimate of drug-likeness (QED) is 0.616. The highest BCUT2D eigenvalue weighted by atomic mass is 16.5. The van der Waals surface area contributed by atoms with E-state index >= 15 is 0 Å². The van der Waals surface area contributed by atoms with Crippen LogP contribution in [0.15, 0.2) is 54.6 Å². The number of hydrogen-bond donors (Lipinski definition) is 0. The predicted octanol–water partition coefficient (Wildman–Crippen LogP) is 3.94. The maximum atomic E-state index is 11.9. The molecule has 1 amide bonds. The van der Waals surface area contributed by atoms with Crippen molar-refractivity contribution < 1.29 is 14.3 Å². The monoisotopic (exact) mass is 420 g/mol. The number of anilines is 1. The topological polar surface area (TPSA) is 42.0 Å². The van der Waals surface area contributed by atoms with Gasteiger partial charge in [-0.2, -0.15) is 0 Å². The van der Waals surface area contributed by atoms with Gasteiger partial charge in [-0.15, -0.1) is 0 Å². The summed E-state index contributed by atoms with van der Waals surface area (Å²) in [5.41, 5.74) is 2.45. The maximum absolute atomic E-state index is 11.9. The van der Waals surface area contributed by atoms with Crippen LogP contribution in [0.2, 0.25) is 0 Å². The van der Waals surface area contributed by atoms with Crippen LogP contribution in [0.25, 0.3) is 0 Å². The Labute approximate surface area is 184 Å². The lowest BCUT2D eigenvalue weighted by Crippen LogP contribution is -2.48. The van der Waals surface area contributed by atoms with E-state index in [1.807, 2.05) is 24.3 Å². The predicted molar refractivity (Wildman–Crippen MR) is 122 cm³/mol. The van der Waals surface area contributed by atoms with E-state index in [0.29, 0.717) is 19.8 Å². The number of morpholine rings is 1. The first kappa shape index (κ1) is 20.5. The Hall–Kier alpha value is -2.37. The molecule has 0 unspecified atom stereocenters. The van der Waals surface area contributed by atoms with E-state index in [4.69, 9.17) is 9.47 Å². The van der Waals surface area contributed by atoms with Crippen molar-refractivity contribution >= 4 is 11.6 Å². The van der Waals surface area contributed by atoms with E-state index in [0.717, 1.165) is 35.7 Å². The van der Waals surface area contributed by atoms with Crippen LogP contribution in [-0.4, -0.2) is 56.8 Å². The molecule has 2 aromatic rings. The van der Waals surface area contributed by atoms with Gasteiger partial charge in [-0.3, -0.25) is 9.69 Å². The molecule has 0 aromatic heterocycles. The normalized spacial score (nSPS) is 24.1. The van der Waals surface area contributed by atoms with Crippen molar-refractivity contribution in [2.75, 3.05) is 50.9 Å². The van der Waals surface area contributed by atoms with Gasteiger partial charge in [0.2, 0.25) is 0 Å². The summed E-state index contributed by atoms with van der Waals surface area (Å²) in [5.74, 6) is 3.48. The largest absolute Gasteiger partial charge is 0.492 e. The van der Waals surface area contributed by atoms with Gasteiger partial charge in [-0.05, 0) is 66.8 Å². The highest BCUT2D eigenvalue weighted by Crippen LogP contribution is 2.50. The minimum Gasteiger partial charge on any atom is -0.492 e. The van der Waals surface area contributed by atoms with Crippen molar-refractivity contribution in [3.05, 3.63) is 60.2 Å². The Kier molecular flexibility index (Phi) is 6.23. The third kappa shape index (κ3) is 5.10. The molecule has 0 radical (unpaired) electrons. The van der Waals surface area contributed by atoms with E-state index in [2.05, 4.69) is 35.2 Å². The molecule has 0 bridgehead atoms. The number of rotatable bonds is 9. The zero-order valence-electron chi connectivity index (χ0n) is 18.1. The fourth-order valence-electron chi connectivity index (χ4n) is 4.97. The Morgan fingerprint density at radius 1 is 1.00 bits per heavy atom. The van der Waals surface area contributed by atoms with E-state index in [1.165, 1.54) is 37.9 Å². The Balaban J connectivity index is 0.959. The highest BCUT2D eigenvalue weighted by molar-refractivity contribution is 5.94. The summed E-state index contributed by atoms with van der Waals surface area (Å²) < 4.78 is 11.1. The highest BCUT2D eigenvalue weighted by Gasteiger charge is 2.38. The van der Waals surface area contributed by atoms with E-state index in [9.17, 15) is 4.79 Å². The molecule has 0 N–H and O–H groups in total. The van der Waals surface area contributed by atoms with E-state index in [1.54, 1.807) is 4.90 Å². The average molecular weight is 421 g/mol. The van der Waals surface area contributed by atoms with Gasteiger partial charge < -0.3 is 14.4 Å². The van der Waals surface area contributed by atoms with Crippen LogP contribution in [0, 0.1) is 11.8 Å². The Bertz CT molecular complexity index is 864. The fraction of sp³-hybridized carbons (Fsp3) is 0.500. The van der Waals surface area contributed by atoms with Crippen LogP contribution in [0.4, 0.5) is 5.69 Å². The molecule has 2 saturated heterocycles. The van der Waals surface area contributed by atoms with Crippen LogP contribution in [0.5, 0.6) is 5.75 Å². The molecule has 5 nitrogen and oxygen atoms in total. The summed E-state index contributed by atoms with van der Waals surface area (Å²) in [6.45, 7) is 5.49. The lowest BCUT2D eigenvalue weighted by atomic mass is 9.93. The van der Waals surface area contributed by atoms with Crippen LogP contribution in [0.3, 0.4) is 0 Å². The molecular weight excluding hydrogens is 388 g/mol. The molecule has 0 spiro atoms. The lowest BCUT2D eigenvalue weighted by Gasteiger charge is -2.39. The zero-order valence-corrected chi connectivity index (χ0v) is 18.1. The molecule has 1 saturated carbocycles. The van der Waals surface area contributed by atoms with Crippen molar-refractivity contribution in [2.45, 2.75) is 25.2 Å². The van der Waals surface area contributed by atoms with Crippen LogP contribution in [0.1, 0.15) is 30.7 Å². The third-order valence-corrected chi connectivity index (χ3v) is 6.94. The van der Waals surface area contributed by atoms with Crippen LogP contribution in [-0.2, 0) is 9.53 Å². The van der Waals surface area contributed by atoms with Gasteiger partial charge in [-0.25, -0.2) is 0 Å². The van der Waals surface area contributed by atoms with Gasteiger partial charge in [0.25, 0.3) is 5.91 Å². The first-order valence-electron chi connectivity index (χ1n) is 11.6. The minimum atomic E-state index is 0.0181. The van der Waals surface area contributed by atoms with Gasteiger partial charge in [0, 0.05) is 31.9 Å². The third-order valence-electron chi connectivity index (χ3n) is 6.94. The standard InChI is InChI=1S/C26H32N2O3/c29-26-19-30-14-13-28(26)23-8-10-24(11-9-23)31-15-12-27-17-20(18-27)6-7-22-16-25(22)21-4-2-1-3-5-21/h1-5,8-11,20,22,25H,6-7,12-19H2/t22-,25+/m1/s1. The number of amides is 1. The molecule has 2 aliphatic heterocycles. The summed E-state index contributed by atoms with van der Waals surface area (Å²) in [7, 11) is 0. The molecule has 3 aliphatic rings. The first-order valence-corrected chi connectivity index (χ1v) is 11.6. The lowest BCUT2D eigenvalue weighted by molar-refractivity contribution is -0.125. The average Bonchev–Trinajstić information content (AvgIpc) is 3.56. The molecule has 3 fully saturated rings. The molecule has 31 heavy (non-hydrogen) atoms. The first-order chi connectivity index (χ1) is 15.3. The molecule has 2 heterocycles. The van der Waals surface area contributed by atoms with Crippen molar-refractivity contribution in [1.29, 1.82) is 0 Å². The summed E-state index contributed by atoms with van der Waals surface area (Å²) in [5, 5.41) is 0. The molecule has 2 atom stereocenters. The molecule has 1 aliphatic carbocycles. The number of ether oxygens (including phenoxy) is 2. The van der Waals surface area contributed by atoms with Crippen molar-refractivity contribution in [2.24, 2.45) is 11.8 Å². The van der Waals surface area contributed by atoms with Crippen molar-refractivity contribution in [3.63, 3.8) is 0 Å². The van der Waals surface area contributed by atoms with Gasteiger partial charge in [0.1, 0.15) is 19.0 Å².